The molecule has 1 aromatic rings. The summed E-state index contributed by atoms with van der Waals surface area (Å²) in [5.74, 6) is -0.319. The van der Waals surface area contributed by atoms with Gasteiger partial charge in [-0.3, -0.25) is 9.59 Å². The quantitative estimate of drug-likeness (QED) is 0.649. The number of carbonyl (C=O) groups excluding carboxylic acids is 2. The summed E-state index contributed by atoms with van der Waals surface area (Å²) in [4.78, 5) is 23.7. The smallest absolute Gasteiger partial charge is 0.307 e. The number of rotatable bonds is 6. The molecular weight excluding hydrogens is 278 g/mol. The standard InChI is InChI=1S/C18H23NO3/c1-13-7-9-16(10-8-13)12-19-18(21)14(2)22-17(20)11-15-5-3-4-6-15/h3,5,7-10,14-15H,4,6,11-12H2,1-2H3,(H,19,21)/t14-,15-/m0/s1. The first-order valence-corrected chi connectivity index (χ1v) is 7.74. The summed E-state index contributed by atoms with van der Waals surface area (Å²) in [5.41, 5.74) is 2.20. The van der Waals surface area contributed by atoms with Gasteiger partial charge in [0, 0.05) is 6.54 Å². The summed E-state index contributed by atoms with van der Waals surface area (Å²) in [5, 5.41) is 2.79. The Hall–Kier alpha value is -2.10. The van der Waals surface area contributed by atoms with Crippen molar-refractivity contribution < 1.29 is 14.3 Å². The molecule has 0 saturated heterocycles. The molecule has 118 valence electrons. The highest BCUT2D eigenvalue weighted by atomic mass is 16.5. The first-order valence-electron chi connectivity index (χ1n) is 7.74. The molecule has 22 heavy (non-hydrogen) atoms. The number of nitrogens with one attached hydrogen (secondary N) is 1. The topological polar surface area (TPSA) is 55.4 Å². The van der Waals surface area contributed by atoms with Crippen LogP contribution in [0.5, 0.6) is 0 Å². The van der Waals surface area contributed by atoms with Gasteiger partial charge in [-0.05, 0) is 38.2 Å². The zero-order valence-corrected chi connectivity index (χ0v) is 13.2. The number of aryl methyl sites for hydroxylation is 1. The second kappa shape index (κ2) is 7.78. The van der Waals surface area contributed by atoms with Crippen molar-refractivity contribution >= 4 is 11.9 Å². The number of ether oxygens (including phenoxy) is 1. The molecule has 0 fully saturated rings. The van der Waals surface area contributed by atoms with E-state index in [0.717, 1.165) is 18.4 Å². The average Bonchev–Trinajstić information content (AvgIpc) is 2.99. The molecule has 1 aliphatic carbocycles. The molecule has 0 heterocycles. The van der Waals surface area contributed by atoms with Gasteiger partial charge in [0.25, 0.3) is 5.91 Å². The zero-order chi connectivity index (χ0) is 15.9. The summed E-state index contributed by atoms with van der Waals surface area (Å²) in [6.07, 6.45) is 5.72. The lowest BCUT2D eigenvalue weighted by Gasteiger charge is -2.15. The minimum atomic E-state index is -0.761. The highest BCUT2D eigenvalue weighted by molar-refractivity contribution is 5.83. The molecule has 0 spiro atoms. The van der Waals surface area contributed by atoms with Crippen LogP contribution in [0.3, 0.4) is 0 Å². The van der Waals surface area contributed by atoms with Gasteiger partial charge in [-0.15, -0.1) is 0 Å². The van der Waals surface area contributed by atoms with Crippen molar-refractivity contribution in [3.63, 3.8) is 0 Å². The summed E-state index contributed by atoms with van der Waals surface area (Å²) < 4.78 is 5.20. The SMILES string of the molecule is Cc1ccc(CNC(=O)[C@H](C)OC(=O)C[C@H]2C=CCC2)cc1. The Bertz CT molecular complexity index is 548. The predicted octanol–water partition coefficient (Wildman–Crippen LogP) is 2.90. The van der Waals surface area contributed by atoms with Gasteiger partial charge in [-0.25, -0.2) is 0 Å². The molecule has 2 atom stereocenters. The molecule has 0 radical (unpaired) electrons. The fourth-order valence-electron chi connectivity index (χ4n) is 2.42. The molecule has 2 rings (SSSR count). The highest BCUT2D eigenvalue weighted by Crippen LogP contribution is 2.20. The second-order valence-electron chi connectivity index (χ2n) is 5.81. The van der Waals surface area contributed by atoms with Crippen LogP contribution in [0.25, 0.3) is 0 Å². The van der Waals surface area contributed by atoms with Gasteiger partial charge in [0.15, 0.2) is 6.10 Å². The maximum absolute atomic E-state index is 12.0. The van der Waals surface area contributed by atoms with Gasteiger partial charge in [0.2, 0.25) is 0 Å². The minimum Gasteiger partial charge on any atom is -0.453 e. The third-order valence-corrected chi connectivity index (χ3v) is 3.81. The van der Waals surface area contributed by atoms with Crippen molar-refractivity contribution in [2.75, 3.05) is 0 Å². The van der Waals surface area contributed by atoms with Crippen LogP contribution in [-0.4, -0.2) is 18.0 Å². The van der Waals surface area contributed by atoms with Gasteiger partial charge in [-0.1, -0.05) is 42.0 Å². The number of esters is 1. The van der Waals surface area contributed by atoms with Gasteiger partial charge in [-0.2, -0.15) is 0 Å². The van der Waals surface area contributed by atoms with Crippen molar-refractivity contribution in [3.8, 4) is 0 Å². The maximum Gasteiger partial charge on any atom is 0.307 e. The largest absolute Gasteiger partial charge is 0.453 e. The monoisotopic (exact) mass is 301 g/mol. The molecule has 4 nitrogen and oxygen atoms in total. The minimum absolute atomic E-state index is 0.260. The van der Waals surface area contributed by atoms with E-state index in [0.29, 0.717) is 13.0 Å². The Morgan fingerprint density at radius 1 is 1.32 bits per heavy atom. The van der Waals surface area contributed by atoms with Crippen molar-refractivity contribution in [1.29, 1.82) is 0 Å². The van der Waals surface area contributed by atoms with Crippen molar-refractivity contribution in [3.05, 3.63) is 47.5 Å². The summed E-state index contributed by atoms with van der Waals surface area (Å²) in [7, 11) is 0. The lowest BCUT2D eigenvalue weighted by atomic mass is 10.1. The third-order valence-electron chi connectivity index (χ3n) is 3.81. The van der Waals surface area contributed by atoms with Crippen LogP contribution >= 0.6 is 0 Å². The Morgan fingerprint density at radius 2 is 2.05 bits per heavy atom. The van der Waals surface area contributed by atoms with E-state index < -0.39 is 6.10 Å². The van der Waals surface area contributed by atoms with E-state index >= 15 is 0 Å². The molecule has 0 aromatic heterocycles. The van der Waals surface area contributed by atoms with E-state index in [1.54, 1.807) is 6.92 Å². The van der Waals surface area contributed by atoms with Crippen LogP contribution < -0.4 is 5.32 Å². The van der Waals surface area contributed by atoms with E-state index in [4.69, 9.17) is 4.74 Å². The van der Waals surface area contributed by atoms with Gasteiger partial charge in [0.1, 0.15) is 0 Å². The van der Waals surface area contributed by atoms with Gasteiger partial charge >= 0.3 is 5.97 Å². The van der Waals surface area contributed by atoms with Gasteiger partial charge < -0.3 is 10.1 Å². The Balaban J connectivity index is 1.72. The molecule has 0 saturated carbocycles. The summed E-state index contributed by atoms with van der Waals surface area (Å²) in [6.45, 7) is 4.06. The Kier molecular flexibility index (Phi) is 5.75. The number of allylic oxidation sites excluding steroid dienone is 2. The fraction of sp³-hybridized carbons (Fsp3) is 0.444. The van der Waals surface area contributed by atoms with Crippen LogP contribution in [0.4, 0.5) is 0 Å². The molecule has 0 unspecified atom stereocenters. The summed E-state index contributed by atoms with van der Waals surface area (Å²) in [6, 6.07) is 7.94. The second-order valence-corrected chi connectivity index (χ2v) is 5.81. The Morgan fingerprint density at radius 3 is 2.68 bits per heavy atom. The first kappa shape index (κ1) is 16.3. The van der Waals surface area contributed by atoms with E-state index in [9.17, 15) is 9.59 Å². The molecule has 4 heteroatoms. The zero-order valence-electron chi connectivity index (χ0n) is 13.2. The van der Waals surface area contributed by atoms with Crippen LogP contribution in [0.1, 0.15) is 37.3 Å². The first-order chi connectivity index (χ1) is 10.5. The third kappa shape index (κ3) is 5.02. The van der Waals surface area contributed by atoms with Crippen LogP contribution in [0.15, 0.2) is 36.4 Å². The molecule has 1 N–H and O–H groups in total. The van der Waals surface area contributed by atoms with Crippen LogP contribution in [0.2, 0.25) is 0 Å². The lowest BCUT2D eigenvalue weighted by Crippen LogP contribution is -2.35. The predicted molar refractivity (Wildman–Crippen MR) is 85.1 cm³/mol. The van der Waals surface area contributed by atoms with Gasteiger partial charge in [0.05, 0.1) is 6.42 Å². The average molecular weight is 301 g/mol. The normalized spacial score (nSPS) is 18.0. The number of carbonyl (C=O) groups is 2. The van der Waals surface area contributed by atoms with Crippen molar-refractivity contribution in [2.45, 2.75) is 45.8 Å². The number of amides is 1. The lowest BCUT2D eigenvalue weighted by molar-refractivity contribution is -0.155. The molecule has 1 amide bonds. The maximum atomic E-state index is 12.0. The van der Waals surface area contributed by atoms with E-state index in [2.05, 4.69) is 11.4 Å². The fourth-order valence-corrected chi connectivity index (χ4v) is 2.42. The number of hydrogen-bond donors (Lipinski definition) is 1. The van der Waals surface area contributed by atoms with E-state index in [1.807, 2.05) is 37.3 Å². The van der Waals surface area contributed by atoms with E-state index in [1.165, 1.54) is 5.56 Å². The number of hydrogen-bond acceptors (Lipinski definition) is 3. The summed E-state index contributed by atoms with van der Waals surface area (Å²) >= 11 is 0. The van der Waals surface area contributed by atoms with E-state index in [-0.39, 0.29) is 17.8 Å². The molecule has 1 aromatic carbocycles. The van der Waals surface area contributed by atoms with Crippen LogP contribution in [-0.2, 0) is 20.9 Å². The van der Waals surface area contributed by atoms with Crippen molar-refractivity contribution in [2.24, 2.45) is 5.92 Å². The molecule has 0 aliphatic heterocycles. The number of benzene rings is 1. The Labute approximate surface area is 131 Å². The van der Waals surface area contributed by atoms with Crippen molar-refractivity contribution in [1.82, 2.24) is 5.32 Å². The van der Waals surface area contributed by atoms with Crippen LogP contribution in [0, 0.1) is 12.8 Å². The molecule has 0 bridgehead atoms. The molecular formula is C18H23NO3. The highest BCUT2D eigenvalue weighted by Gasteiger charge is 2.20. The molecule has 1 aliphatic rings.